The van der Waals surface area contributed by atoms with Gasteiger partial charge in [0.15, 0.2) is 6.29 Å². The smallest absolute Gasteiger partial charge is 0.305 e. The van der Waals surface area contributed by atoms with Gasteiger partial charge in [-0.25, -0.2) is 0 Å². The summed E-state index contributed by atoms with van der Waals surface area (Å²) in [6, 6.07) is 0. The number of ether oxygens (including phenoxy) is 3. The number of unbranched alkanes of at least 4 members (excludes halogenated alkanes) is 1. The molecule has 6 atom stereocenters. The molecule has 1 saturated heterocycles. The molecule has 0 amide bonds. The molecule has 8 nitrogen and oxygen atoms in total. The Kier molecular flexibility index (Phi) is 19.5. The number of hydrogen-bond acceptors (Lipinski definition) is 8. The van der Waals surface area contributed by atoms with Crippen LogP contribution in [-0.4, -0.2) is 76.9 Å². The lowest BCUT2D eigenvalue weighted by molar-refractivity contribution is -0.292. The molecule has 0 saturated carbocycles. The largest absolute Gasteiger partial charge is 0.463 e. The van der Waals surface area contributed by atoms with Gasteiger partial charge in [-0.3, -0.25) is 4.79 Å². The Morgan fingerprint density at radius 2 is 1.42 bits per heavy atom. The first-order valence-electron chi connectivity index (χ1n) is 13.7. The van der Waals surface area contributed by atoms with E-state index in [1.807, 2.05) is 6.08 Å². The Labute approximate surface area is 228 Å². The molecule has 1 fully saturated rings. The molecule has 4 N–H and O–H groups in total. The molecule has 0 aromatic carbocycles. The minimum absolute atomic E-state index is 0.244. The highest BCUT2D eigenvalue weighted by Gasteiger charge is 2.42. The highest BCUT2D eigenvalue weighted by Crippen LogP contribution is 2.26. The van der Waals surface area contributed by atoms with Gasteiger partial charge >= 0.3 is 5.97 Å². The second-order valence-electron chi connectivity index (χ2n) is 9.34. The van der Waals surface area contributed by atoms with Crippen LogP contribution in [0.2, 0.25) is 0 Å². The van der Waals surface area contributed by atoms with Crippen molar-refractivity contribution in [1.29, 1.82) is 0 Å². The zero-order valence-electron chi connectivity index (χ0n) is 22.9. The number of carbonyl (C=O) groups is 1. The van der Waals surface area contributed by atoms with E-state index in [4.69, 9.17) is 14.2 Å². The van der Waals surface area contributed by atoms with Crippen molar-refractivity contribution in [2.24, 2.45) is 5.92 Å². The fourth-order valence-corrected chi connectivity index (χ4v) is 3.66. The first-order chi connectivity index (χ1) is 18.4. The van der Waals surface area contributed by atoms with Gasteiger partial charge in [0.1, 0.15) is 18.8 Å². The first-order valence-corrected chi connectivity index (χ1v) is 13.7. The van der Waals surface area contributed by atoms with Crippen LogP contribution in [0.25, 0.3) is 0 Å². The molecular formula is C30H48O8. The van der Waals surface area contributed by atoms with Gasteiger partial charge in [0.2, 0.25) is 0 Å². The minimum Gasteiger partial charge on any atom is -0.463 e. The third-order valence-corrected chi connectivity index (χ3v) is 6.04. The van der Waals surface area contributed by atoms with E-state index in [1.165, 1.54) is 0 Å². The number of esters is 1. The van der Waals surface area contributed by atoms with Gasteiger partial charge in [-0.2, -0.15) is 0 Å². The third-order valence-electron chi connectivity index (χ3n) is 6.04. The van der Waals surface area contributed by atoms with Crippen LogP contribution in [0.1, 0.15) is 65.2 Å². The summed E-state index contributed by atoms with van der Waals surface area (Å²) in [6.07, 6.45) is 22.4. The van der Waals surface area contributed by atoms with Crippen LogP contribution in [0.4, 0.5) is 0 Å². The Morgan fingerprint density at radius 1 is 0.868 bits per heavy atom. The summed E-state index contributed by atoms with van der Waals surface area (Å²) in [5.74, 6) is -0.870. The van der Waals surface area contributed by atoms with E-state index in [0.717, 1.165) is 38.5 Å². The van der Waals surface area contributed by atoms with Gasteiger partial charge in [0.05, 0.1) is 25.4 Å². The SMILES string of the molecule is CC/C=C\C/C=C\C/C=C\C/C=C\C/C=C\CCCC(=O)OCC(O)COC1OC(CO)C(C)C(O)C1O. The van der Waals surface area contributed by atoms with Crippen LogP contribution in [0.15, 0.2) is 60.8 Å². The molecule has 216 valence electrons. The summed E-state index contributed by atoms with van der Waals surface area (Å²) >= 11 is 0. The van der Waals surface area contributed by atoms with E-state index in [9.17, 15) is 25.2 Å². The van der Waals surface area contributed by atoms with Crippen molar-refractivity contribution in [2.45, 2.75) is 95.9 Å². The summed E-state index contributed by atoms with van der Waals surface area (Å²) in [5.41, 5.74) is 0. The van der Waals surface area contributed by atoms with Crippen molar-refractivity contribution in [3.8, 4) is 0 Å². The number of hydrogen-bond donors (Lipinski definition) is 4. The lowest BCUT2D eigenvalue weighted by Crippen LogP contribution is -2.55. The van der Waals surface area contributed by atoms with Gasteiger partial charge in [-0.15, -0.1) is 0 Å². The van der Waals surface area contributed by atoms with Gasteiger partial charge in [-0.05, 0) is 44.9 Å². The molecule has 1 aliphatic heterocycles. The average Bonchev–Trinajstić information content (AvgIpc) is 2.92. The van der Waals surface area contributed by atoms with E-state index in [2.05, 4.69) is 61.6 Å². The van der Waals surface area contributed by atoms with Crippen molar-refractivity contribution in [2.75, 3.05) is 19.8 Å². The van der Waals surface area contributed by atoms with Crippen LogP contribution in [-0.2, 0) is 19.0 Å². The maximum atomic E-state index is 11.9. The third kappa shape index (κ3) is 15.4. The predicted molar refractivity (Wildman–Crippen MR) is 148 cm³/mol. The zero-order valence-corrected chi connectivity index (χ0v) is 22.9. The first kappa shape index (κ1) is 34.0. The number of allylic oxidation sites excluding steroid dienone is 10. The molecule has 6 unspecified atom stereocenters. The summed E-state index contributed by atoms with van der Waals surface area (Å²) in [6.45, 7) is 2.96. The van der Waals surface area contributed by atoms with Gasteiger partial charge in [-0.1, -0.05) is 74.6 Å². The topological polar surface area (TPSA) is 126 Å². The van der Waals surface area contributed by atoms with Crippen molar-refractivity contribution < 1.29 is 39.4 Å². The summed E-state index contributed by atoms with van der Waals surface area (Å²) < 4.78 is 15.8. The van der Waals surface area contributed by atoms with E-state index < -0.39 is 42.6 Å². The molecular weight excluding hydrogens is 488 g/mol. The molecule has 0 bridgehead atoms. The van der Waals surface area contributed by atoms with Crippen molar-refractivity contribution >= 4 is 5.97 Å². The zero-order chi connectivity index (χ0) is 28.0. The van der Waals surface area contributed by atoms with Gasteiger partial charge in [0.25, 0.3) is 0 Å². The maximum absolute atomic E-state index is 11.9. The quantitative estimate of drug-likeness (QED) is 0.111. The van der Waals surface area contributed by atoms with Crippen molar-refractivity contribution in [3.63, 3.8) is 0 Å². The Balaban J connectivity index is 2.06. The molecule has 8 heteroatoms. The molecule has 1 aliphatic rings. The maximum Gasteiger partial charge on any atom is 0.305 e. The van der Waals surface area contributed by atoms with Crippen LogP contribution < -0.4 is 0 Å². The van der Waals surface area contributed by atoms with Gasteiger partial charge in [0, 0.05) is 12.3 Å². The molecule has 1 heterocycles. The minimum atomic E-state index is -1.31. The molecule has 0 radical (unpaired) electrons. The molecule has 38 heavy (non-hydrogen) atoms. The fraction of sp³-hybridized carbons (Fsp3) is 0.633. The number of aliphatic hydroxyl groups is 4. The average molecular weight is 537 g/mol. The Hall–Kier alpha value is -2.07. The fourth-order valence-electron chi connectivity index (χ4n) is 3.66. The number of rotatable bonds is 19. The van der Waals surface area contributed by atoms with E-state index in [0.29, 0.717) is 6.42 Å². The van der Waals surface area contributed by atoms with Crippen LogP contribution in [0.3, 0.4) is 0 Å². The highest BCUT2D eigenvalue weighted by molar-refractivity contribution is 5.69. The number of aliphatic hydroxyl groups excluding tert-OH is 4. The Morgan fingerprint density at radius 3 is 1.97 bits per heavy atom. The van der Waals surface area contributed by atoms with Crippen LogP contribution in [0.5, 0.6) is 0 Å². The molecule has 1 rings (SSSR count). The van der Waals surface area contributed by atoms with Gasteiger partial charge < -0.3 is 34.6 Å². The van der Waals surface area contributed by atoms with Crippen LogP contribution >= 0.6 is 0 Å². The standard InChI is InChI=1S/C30H48O8/c1-3-4-5-6-7-8-9-10-11-12-13-14-15-16-17-18-19-20-27(33)36-22-25(32)23-37-30-29(35)28(34)24(2)26(21-31)38-30/h4-5,7-8,10-11,13-14,16-17,24-26,28-32,34-35H,3,6,9,12,15,18-23H2,1-2H3/b5-4-,8-7-,11-10-,14-13-,17-16-. The Bertz CT molecular complexity index is 755. The molecule has 0 aromatic heterocycles. The van der Waals surface area contributed by atoms with E-state index in [-0.39, 0.29) is 26.2 Å². The summed E-state index contributed by atoms with van der Waals surface area (Å²) in [7, 11) is 0. The molecule has 0 aliphatic carbocycles. The second-order valence-corrected chi connectivity index (χ2v) is 9.34. The molecule has 0 aromatic rings. The number of carbonyl (C=O) groups excluding carboxylic acids is 1. The van der Waals surface area contributed by atoms with Crippen LogP contribution in [0, 0.1) is 5.92 Å². The predicted octanol–water partition coefficient (Wildman–Crippen LogP) is 3.90. The highest BCUT2D eigenvalue weighted by atomic mass is 16.7. The normalized spacial score (nSPS) is 25.5. The summed E-state index contributed by atoms with van der Waals surface area (Å²) in [4.78, 5) is 11.9. The molecule has 0 spiro atoms. The van der Waals surface area contributed by atoms with E-state index in [1.54, 1.807) is 6.92 Å². The van der Waals surface area contributed by atoms with Crippen molar-refractivity contribution in [3.05, 3.63) is 60.8 Å². The van der Waals surface area contributed by atoms with E-state index >= 15 is 0 Å². The summed E-state index contributed by atoms with van der Waals surface area (Å²) in [5, 5.41) is 39.4. The monoisotopic (exact) mass is 536 g/mol. The second kappa shape index (κ2) is 21.8. The van der Waals surface area contributed by atoms with Crippen molar-refractivity contribution in [1.82, 2.24) is 0 Å². The lowest BCUT2D eigenvalue weighted by Gasteiger charge is -2.40. The lowest BCUT2D eigenvalue weighted by atomic mass is 9.91.